The van der Waals surface area contributed by atoms with Gasteiger partial charge >= 0.3 is 5.63 Å². The third-order valence-electron chi connectivity index (χ3n) is 5.59. The molecule has 6 heteroatoms. The summed E-state index contributed by atoms with van der Waals surface area (Å²) in [5.74, 6) is 1.07. The van der Waals surface area contributed by atoms with Crippen molar-refractivity contribution < 1.29 is 8.83 Å². The number of nitrogens with zero attached hydrogens (tertiary/aromatic N) is 2. The van der Waals surface area contributed by atoms with Gasteiger partial charge in [0.05, 0.1) is 5.69 Å². The molecule has 6 nitrogen and oxygen atoms in total. The molecule has 1 aliphatic carbocycles. The highest BCUT2D eigenvalue weighted by molar-refractivity contribution is 5.83. The number of allylic oxidation sites excluding steroid dienone is 1. The van der Waals surface area contributed by atoms with E-state index in [4.69, 9.17) is 8.83 Å². The predicted octanol–water partition coefficient (Wildman–Crippen LogP) is 3.59. The number of fused-ring (bicyclic) bond motifs is 2. The lowest BCUT2D eigenvalue weighted by Gasteiger charge is -2.39. The van der Waals surface area contributed by atoms with Gasteiger partial charge in [-0.05, 0) is 51.0 Å². The van der Waals surface area contributed by atoms with Crippen LogP contribution in [-0.2, 0) is 6.42 Å². The van der Waals surface area contributed by atoms with Crippen LogP contribution in [-0.4, -0.2) is 30.2 Å². The zero-order valence-corrected chi connectivity index (χ0v) is 16.1. The largest absolute Gasteiger partial charge is 0.436 e. The Labute approximate surface area is 162 Å². The lowest BCUT2D eigenvalue weighted by Crippen LogP contribution is -2.54. The van der Waals surface area contributed by atoms with Crippen LogP contribution < -0.4 is 15.8 Å². The molecule has 0 amide bonds. The third-order valence-corrected chi connectivity index (χ3v) is 5.59. The van der Waals surface area contributed by atoms with Gasteiger partial charge in [0.25, 0.3) is 0 Å². The summed E-state index contributed by atoms with van der Waals surface area (Å²) in [7, 11) is 0. The first-order chi connectivity index (χ1) is 13.6. The van der Waals surface area contributed by atoms with E-state index in [9.17, 15) is 4.79 Å². The summed E-state index contributed by atoms with van der Waals surface area (Å²) in [5.41, 5.74) is 2.50. The molecule has 144 valence electrons. The quantitative estimate of drug-likeness (QED) is 0.688. The number of hydrogen-bond donors (Lipinski definition) is 1. The second kappa shape index (κ2) is 6.63. The minimum Gasteiger partial charge on any atom is -0.436 e. The van der Waals surface area contributed by atoms with Crippen molar-refractivity contribution in [2.45, 2.75) is 38.8 Å². The molecule has 5 rings (SSSR count). The minimum absolute atomic E-state index is 0.334. The normalized spacial score (nSPS) is 21.9. The number of benzene rings is 1. The van der Waals surface area contributed by atoms with E-state index in [2.05, 4.69) is 41.2 Å². The van der Waals surface area contributed by atoms with Crippen LogP contribution in [0.15, 0.2) is 44.0 Å². The molecule has 2 aromatic heterocycles. The molecule has 2 aliphatic rings. The fourth-order valence-electron chi connectivity index (χ4n) is 4.01. The highest BCUT2D eigenvalue weighted by Crippen LogP contribution is 2.29. The van der Waals surface area contributed by atoms with Gasteiger partial charge in [-0.3, -0.25) is 0 Å². The Hall–Kier alpha value is -2.86. The highest BCUT2D eigenvalue weighted by Gasteiger charge is 2.23. The predicted molar refractivity (Wildman–Crippen MR) is 110 cm³/mol. The molecular formula is C22H23N3O3. The Balaban J connectivity index is 1.54. The maximum Gasteiger partial charge on any atom is 0.349 e. The molecular weight excluding hydrogens is 354 g/mol. The average Bonchev–Trinajstić information content (AvgIpc) is 3.13. The summed E-state index contributed by atoms with van der Waals surface area (Å²) in [4.78, 5) is 19.5. The first-order valence-corrected chi connectivity index (χ1v) is 9.83. The Kier molecular flexibility index (Phi) is 4.09. The fraction of sp³-hybridized carbons (Fsp3) is 0.364. The van der Waals surface area contributed by atoms with Gasteiger partial charge in [-0.25, -0.2) is 9.78 Å². The molecule has 2 unspecified atom stereocenters. The minimum atomic E-state index is -0.422. The van der Waals surface area contributed by atoms with Gasteiger partial charge in [0.1, 0.15) is 11.1 Å². The van der Waals surface area contributed by atoms with E-state index in [0.717, 1.165) is 48.5 Å². The summed E-state index contributed by atoms with van der Waals surface area (Å²) in [6.07, 6.45) is 5.75. The number of aromatic nitrogens is 1. The van der Waals surface area contributed by atoms with Crippen LogP contribution in [0.25, 0.3) is 28.5 Å². The summed E-state index contributed by atoms with van der Waals surface area (Å²) < 4.78 is 11.5. The molecule has 0 bridgehead atoms. The van der Waals surface area contributed by atoms with Crippen LogP contribution >= 0.6 is 0 Å². The van der Waals surface area contributed by atoms with Crippen molar-refractivity contribution in [3.8, 4) is 11.5 Å². The van der Waals surface area contributed by atoms with Crippen molar-refractivity contribution in [3.05, 3.63) is 52.2 Å². The molecule has 1 saturated heterocycles. The van der Waals surface area contributed by atoms with Crippen LogP contribution in [0.2, 0.25) is 0 Å². The van der Waals surface area contributed by atoms with Crippen molar-refractivity contribution in [1.82, 2.24) is 10.3 Å². The lowest BCUT2D eigenvalue weighted by atomic mass is 10.1. The summed E-state index contributed by atoms with van der Waals surface area (Å²) in [6.45, 7) is 6.23. The number of hydrogen-bond acceptors (Lipinski definition) is 6. The van der Waals surface area contributed by atoms with Gasteiger partial charge in [0.15, 0.2) is 5.76 Å². The monoisotopic (exact) mass is 377 g/mol. The maximum atomic E-state index is 12.6. The number of anilines is 1. The van der Waals surface area contributed by atoms with E-state index < -0.39 is 5.63 Å². The molecule has 3 heterocycles. The lowest BCUT2D eigenvalue weighted by molar-refractivity contribution is 0.425. The second-order valence-electron chi connectivity index (χ2n) is 7.75. The van der Waals surface area contributed by atoms with E-state index >= 15 is 0 Å². The molecule has 28 heavy (non-hydrogen) atoms. The van der Waals surface area contributed by atoms with Crippen molar-refractivity contribution in [2.24, 2.45) is 0 Å². The standard InChI is InChI=1S/C22H23N3O3/c1-13-12-25(14(2)11-23-13)16-8-7-15-9-17(22(26)28-20(15)10-16)21-24-18-5-3-4-6-19(18)27-21/h4,6-10,13-14,23H,3,5,11-12H2,1-2H3. The number of oxazole rings is 1. The number of aryl methyl sites for hydroxylation is 1. The molecule has 3 aromatic rings. The molecule has 0 radical (unpaired) electrons. The Morgan fingerprint density at radius 3 is 2.96 bits per heavy atom. The van der Waals surface area contributed by atoms with Crippen LogP contribution in [0.1, 0.15) is 31.7 Å². The second-order valence-corrected chi connectivity index (χ2v) is 7.75. The highest BCUT2D eigenvalue weighted by atomic mass is 16.4. The number of rotatable bonds is 2. The average molecular weight is 377 g/mol. The van der Waals surface area contributed by atoms with Crippen LogP contribution in [0, 0.1) is 0 Å². The van der Waals surface area contributed by atoms with Gasteiger partial charge in [0.2, 0.25) is 5.89 Å². The van der Waals surface area contributed by atoms with Gasteiger partial charge in [-0.2, -0.15) is 0 Å². The summed E-state index contributed by atoms with van der Waals surface area (Å²) >= 11 is 0. The Bertz CT molecular complexity index is 1130. The van der Waals surface area contributed by atoms with Crippen LogP contribution in [0.3, 0.4) is 0 Å². The molecule has 1 fully saturated rings. The molecule has 1 aromatic carbocycles. The molecule has 1 aliphatic heterocycles. The van der Waals surface area contributed by atoms with Crippen LogP contribution in [0.4, 0.5) is 5.69 Å². The molecule has 0 spiro atoms. The van der Waals surface area contributed by atoms with Crippen molar-refractivity contribution >= 4 is 22.7 Å². The smallest absolute Gasteiger partial charge is 0.349 e. The Morgan fingerprint density at radius 2 is 2.11 bits per heavy atom. The van der Waals surface area contributed by atoms with Gasteiger partial charge in [-0.15, -0.1) is 0 Å². The van der Waals surface area contributed by atoms with Gasteiger partial charge in [-0.1, -0.05) is 6.08 Å². The first-order valence-electron chi connectivity index (χ1n) is 9.83. The fourth-order valence-corrected chi connectivity index (χ4v) is 4.01. The van der Waals surface area contributed by atoms with Crippen molar-refractivity contribution in [1.29, 1.82) is 0 Å². The zero-order chi connectivity index (χ0) is 19.3. The Morgan fingerprint density at radius 1 is 1.21 bits per heavy atom. The third kappa shape index (κ3) is 2.94. The van der Waals surface area contributed by atoms with Crippen molar-refractivity contribution in [3.63, 3.8) is 0 Å². The van der Waals surface area contributed by atoms with Crippen molar-refractivity contribution in [2.75, 3.05) is 18.0 Å². The van der Waals surface area contributed by atoms with Gasteiger partial charge < -0.3 is 19.1 Å². The summed E-state index contributed by atoms with van der Waals surface area (Å²) in [5, 5.41) is 4.35. The number of nitrogens with one attached hydrogen (secondary N) is 1. The van der Waals surface area contributed by atoms with E-state index in [1.807, 2.05) is 24.3 Å². The zero-order valence-electron chi connectivity index (χ0n) is 16.1. The molecule has 1 N–H and O–H groups in total. The maximum absolute atomic E-state index is 12.6. The van der Waals surface area contributed by atoms with E-state index in [1.165, 1.54) is 0 Å². The van der Waals surface area contributed by atoms with Gasteiger partial charge in [0, 0.05) is 42.3 Å². The number of piperazine rings is 1. The molecule has 2 atom stereocenters. The van der Waals surface area contributed by atoms with E-state index in [0.29, 0.717) is 29.1 Å². The molecule has 0 saturated carbocycles. The van der Waals surface area contributed by atoms with E-state index in [1.54, 1.807) is 0 Å². The van der Waals surface area contributed by atoms with E-state index in [-0.39, 0.29) is 0 Å². The topological polar surface area (TPSA) is 71.5 Å². The first kappa shape index (κ1) is 17.3. The summed E-state index contributed by atoms with van der Waals surface area (Å²) in [6, 6.07) is 8.66. The van der Waals surface area contributed by atoms with Crippen LogP contribution in [0.5, 0.6) is 0 Å². The SMILES string of the molecule is CC1CN(c2ccc3cc(-c4nc5c(o4)C=CCC5)c(=O)oc3c2)C(C)CN1.